The van der Waals surface area contributed by atoms with Gasteiger partial charge < -0.3 is 10.2 Å². The fraction of sp³-hybridized carbons (Fsp3) is 0.312. The largest absolute Gasteiger partial charge is 0.346 e. The maximum atomic E-state index is 11.9. The van der Waals surface area contributed by atoms with Gasteiger partial charge in [-0.05, 0) is 25.5 Å². The summed E-state index contributed by atoms with van der Waals surface area (Å²) in [4.78, 5) is 23.6. The highest BCUT2D eigenvalue weighted by Gasteiger charge is 2.25. The molecule has 0 aromatic carbocycles. The highest BCUT2D eigenvalue weighted by Crippen LogP contribution is 2.25. The number of nitrogens with zero attached hydrogens (tertiary/aromatic N) is 3. The number of hydrogen-bond donors (Lipinski definition) is 1. The van der Waals surface area contributed by atoms with Gasteiger partial charge in [0.15, 0.2) is 5.13 Å². The van der Waals surface area contributed by atoms with Crippen LogP contribution in [0.3, 0.4) is 0 Å². The molecule has 112 valence electrons. The maximum absolute atomic E-state index is 11.9. The minimum absolute atomic E-state index is 0.128. The van der Waals surface area contributed by atoms with Crippen LogP contribution in [0.4, 0.5) is 5.13 Å². The van der Waals surface area contributed by atoms with Gasteiger partial charge in [0.05, 0.1) is 0 Å². The second kappa shape index (κ2) is 6.58. The first-order valence-electron chi connectivity index (χ1n) is 7.10. The van der Waals surface area contributed by atoms with E-state index >= 15 is 0 Å². The molecule has 2 aromatic rings. The van der Waals surface area contributed by atoms with Crippen molar-refractivity contribution >= 4 is 22.4 Å². The molecule has 2 aromatic heterocycles. The second-order valence-electron chi connectivity index (χ2n) is 5.14. The van der Waals surface area contributed by atoms with Crippen LogP contribution in [0.25, 0.3) is 0 Å². The number of pyridine rings is 1. The molecule has 1 N–H and O–H groups in total. The van der Waals surface area contributed by atoms with Crippen molar-refractivity contribution in [2.45, 2.75) is 19.4 Å². The first-order valence-corrected chi connectivity index (χ1v) is 7.92. The van der Waals surface area contributed by atoms with Crippen molar-refractivity contribution in [2.24, 2.45) is 0 Å². The number of aromatic nitrogens is 2. The van der Waals surface area contributed by atoms with E-state index in [1.807, 2.05) is 13.1 Å². The van der Waals surface area contributed by atoms with Crippen molar-refractivity contribution in [3.8, 4) is 11.8 Å². The minimum Gasteiger partial charge on any atom is -0.346 e. The Morgan fingerprint density at radius 2 is 2.27 bits per heavy atom. The van der Waals surface area contributed by atoms with E-state index in [0.29, 0.717) is 0 Å². The van der Waals surface area contributed by atoms with E-state index in [-0.39, 0.29) is 11.9 Å². The highest BCUT2D eigenvalue weighted by molar-refractivity contribution is 7.15. The van der Waals surface area contributed by atoms with Gasteiger partial charge in [-0.1, -0.05) is 5.92 Å². The summed E-state index contributed by atoms with van der Waals surface area (Å²) in [6.07, 6.45) is 6.12. The number of anilines is 1. The zero-order valence-corrected chi connectivity index (χ0v) is 13.1. The molecule has 1 amide bonds. The highest BCUT2D eigenvalue weighted by atomic mass is 32.1. The number of carbonyl (C=O) groups excluding carboxylic acids is 1. The molecule has 1 unspecified atom stereocenters. The molecule has 1 fully saturated rings. The van der Waals surface area contributed by atoms with Gasteiger partial charge in [-0.2, -0.15) is 0 Å². The average molecular weight is 312 g/mol. The van der Waals surface area contributed by atoms with Crippen LogP contribution >= 0.6 is 11.3 Å². The zero-order chi connectivity index (χ0) is 15.4. The van der Waals surface area contributed by atoms with E-state index in [1.165, 1.54) is 4.88 Å². The molecule has 0 bridgehead atoms. The van der Waals surface area contributed by atoms with Crippen LogP contribution in [-0.2, 0) is 4.79 Å². The molecule has 3 rings (SSSR count). The lowest BCUT2D eigenvalue weighted by Gasteiger charge is -2.14. The Hall–Kier alpha value is -2.39. The smallest absolute Gasteiger partial charge is 0.296 e. The number of amides is 1. The normalized spacial score (nSPS) is 17.0. The summed E-state index contributed by atoms with van der Waals surface area (Å²) in [6.45, 7) is 3.75. The van der Waals surface area contributed by atoms with E-state index in [9.17, 15) is 4.79 Å². The average Bonchev–Trinajstić information content (AvgIpc) is 3.15. The zero-order valence-electron chi connectivity index (χ0n) is 12.2. The van der Waals surface area contributed by atoms with Crippen LogP contribution in [-0.4, -0.2) is 35.0 Å². The number of hydrogen-bond acceptors (Lipinski definition) is 5. The van der Waals surface area contributed by atoms with Crippen LogP contribution in [0.15, 0.2) is 30.7 Å². The minimum atomic E-state index is -0.237. The Bertz CT molecular complexity index is 716. The van der Waals surface area contributed by atoms with Crippen molar-refractivity contribution in [2.75, 3.05) is 18.0 Å². The van der Waals surface area contributed by atoms with Crippen LogP contribution in [0.5, 0.6) is 0 Å². The SMILES string of the molecule is Cc1cnc(N2CCC(NC(=O)C#Cc3ccncc3)C2)s1. The molecule has 22 heavy (non-hydrogen) atoms. The second-order valence-corrected chi connectivity index (χ2v) is 6.36. The van der Waals surface area contributed by atoms with E-state index in [1.54, 1.807) is 35.9 Å². The lowest BCUT2D eigenvalue weighted by Crippen LogP contribution is -2.36. The fourth-order valence-electron chi connectivity index (χ4n) is 2.33. The fourth-order valence-corrected chi connectivity index (χ4v) is 3.12. The molecular weight excluding hydrogens is 296 g/mol. The van der Waals surface area contributed by atoms with Crippen molar-refractivity contribution in [3.05, 3.63) is 41.2 Å². The third-order valence-electron chi connectivity index (χ3n) is 3.40. The Balaban J connectivity index is 1.54. The van der Waals surface area contributed by atoms with Gasteiger partial charge in [0.25, 0.3) is 5.91 Å². The summed E-state index contributed by atoms with van der Waals surface area (Å²) in [5.74, 6) is 5.23. The van der Waals surface area contributed by atoms with Crippen LogP contribution in [0, 0.1) is 18.8 Å². The monoisotopic (exact) mass is 312 g/mol. The van der Waals surface area contributed by atoms with Gasteiger partial charge >= 0.3 is 0 Å². The van der Waals surface area contributed by atoms with Crippen molar-refractivity contribution < 1.29 is 4.79 Å². The van der Waals surface area contributed by atoms with Crippen LogP contribution in [0.1, 0.15) is 16.9 Å². The first kappa shape index (κ1) is 14.5. The molecule has 5 nitrogen and oxygen atoms in total. The van der Waals surface area contributed by atoms with Gasteiger partial charge in [0.1, 0.15) is 0 Å². The summed E-state index contributed by atoms with van der Waals surface area (Å²) >= 11 is 1.68. The molecule has 1 saturated heterocycles. The Morgan fingerprint density at radius 3 is 3.00 bits per heavy atom. The predicted octanol–water partition coefficient (Wildman–Crippen LogP) is 1.59. The van der Waals surface area contributed by atoms with Gasteiger partial charge in [-0.3, -0.25) is 9.78 Å². The predicted molar refractivity (Wildman–Crippen MR) is 86.7 cm³/mol. The third-order valence-corrected chi connectivity index (χ3v) is 4.38. The molecule has 0 radical (unpaired) electrons. The summed E-state index contributed by atoms with van der Waals surface area (Å²) in [5.41, 5.74) is 0.788. The first-order chi connectivity index (χ1) is 10.7. The molecule has 1 aliphatic rings. The topological polar surface area (TPSA) is 58.1 Å². The van der Waals surface area contributed by atoms with Gasteiger partial charge in [-0.25, -0.2) is 4.98 Å². The Kier molecular flexibility index (Phi) is 4.35. The third kappa shape index (κ3) is 3.62. The van der Waals surface area contributed by atoms with E-state index in [2.05, 4.69) is 32.0 Å². The molecule has 1 atom stereocenters. The Morgan fingerprint density at radius 1 is 1.45 bits per heavy atom. The van der Waals surface area contributed by atoms with Crippen LogP contribution in [0.2, 0.25) is 0 Å². The summed E-state index contributed by atoms with van der Waals surface area (Å²) in [6, 6.07) is 3.69. The molecule has 3 heterocycles. The van der Waals surface area contributed by atoms with Gasteiger partial charge in [0.2, 0.25) is 0 Å². The molecule has 0 spiro atoms. The quantitative estimate of drug-likeness (QED) is 0.856. The molecule has 0 saturated carbocycles. The lowest BCUT2D eigenvalue weighted by molar-refractivity contribution is -0.116. The number of nitrogens with one attached hydrogen (secondary N) is 1. The number of thiazole rings is 1. The van der Waals surface area contributed by atoms with E-state index in [4.69, 9.17) is 0 Å². The van der Waals surface area contributed by atoms with Crippen molar-refractivity contribution in [1.29, 1.82) is 0 Å². The Labute approximate surface area is 133 Å². The molecule has 1 aliphatic heterocycles. The van der Waals surface area contributed by atoms with Crippen molar-refractivity contribution in [3.63, 3.8) is 0 Å². The number of aryl methyl sites for hydroxylation is 1. The molecule has 6 heteroatoms. The summed E-state index contributed by atoms with van der Waals surface area (Å²) in [7, 11) is 0. The summed E-state index contributed by atoms with van der Waals surface area (Å²) in [5, 5.41) is 3.99. The van der Waals surface area contributed by atoms with E-state index in [0.717, 1.165) is 30.2 Å². The lowest BCUT2D eigenvalue weighted by atomic mass is 10.2. The summed E-state index contributed by atoms with van der Waals surface area (Å²) < 4.78 is 0. The number of rotatable bonds is 2. The molecular formula is C16H16N4OS. The van der Waals surface area contributed by atoms with Crippen LogP contribution < -0.4 is 10.2 Å². The number of carbonyl (C=O) groups is 1. The standard InChI is InChI=1S/C16H16N4OS/c1-12-10-18-16(22-12)20-9-6-14(11-20)19-15(21)3-2-13-4-7-17-8-5-13/h4-5,7-8,10,14H,6,9,11H2,1H3,(H,19,21). The van der Waals surface area contributed by atoms with E-state index < -0.39 is 0 Å². The van der Waals surface area contributed by atoms with Gasteiger partial charge in [0, 0.05) is 54.1 Å². The van der Waals surface area contributed by atoms with Crippen molar-refractivity contribution in [1.82, 2.24) is 15.3 Å². The molecule has 0 aliphatic carbocycles. The maximum Gasteiger partial charge on any atom is 0.296 e. The van der Waals surface area contributed by atoms with Gasteiger partial charge in [-0.15, -0.1) is 11.3 Å².